The summed E-state index contributed by atoms with van der Waals surface area (Å²) in [6.07, 6.45) is 13.3. The van der Waals surface area contributed by atoms with E-state index in [1.54, 1.807) is 49.1 Å². The van der Waals surface area contributed by atoms with E-state index in [1.807, 2.05) is 31.2 Å². The zero-order valence-corrected chi connectivity index (χ0v) is 28.8. The number of rotatable bonds is 17. The van der Waals surface area contributed by atoms with Crippen molar-refractivity contribution in [3.05, 3.63) is 108 Å². The first-order valence-corrected chi connectivity index (χ1v) is 16.7. The number of amides is 1. The maximum atomic E-state index is 12.7. The van der Waals surface area contributed by atoms with Crippen LogP contribution in [0.3, 0.4) is 0 Å². The number of nitrogen functional groups attached to an aromatic ring is 1. The first kappa shape index (κ1) is 42.8. The van der Waals surface area contributed by atoms with Crippen LogP contribution in [-0.2, 0) is 12.8 Å². The van der Waals surface area contributed by atoms with Gasteiger partial charge in [0.15, 0.2) is 0 Å². The third kappa shape index (κ3) is 14.4. The minimum absolute atomic E-state index is 0. The van der Waals surface area contributed by atoms with Crippen LogP contribution in [0.2, 0.25) is 0 Å². The van der Waals surface area contributed by atoms with Gasteiger partial charge in [0.1, 0.15) is 22.8 Å². The monoisotopic (exact) mass is 724 g/mol. The van der Waals surface area contributed by atoms with E-state index >= 15 is 0 Å². The van der Waals surface area contributed by atoms with Gasteiger partial charge in [-0.25, -0.2) is 14.8 Å². The molecule has 5 aromatic rings. The number of carbonyl (C=O) groups excluding carboxylic acids is 1. The molecular formula is C38H52N12O3. The summed E-state index contributed by atoms with van der Waals surface area (Å²) in [4.78, 5) is 48.9. The van der Waals surface area contributed by atoms with Crippen molar-refractivity contribution in [2.45, 2.75) is 54.4 Å². The number of nitrogens with two attached hydrogens (primary N) is 1. The average molecular weight is 725 g/mol. The number of carboxylic acid groups (broad SMARTS) is 1. The number of carboxylic acids is 1. The summed E-state index contributed by atoms with van der Waals surface area (Å²) in [5, 5.41) is 24.5. The number of anilines is 6. The van der Waals surface area contributed by atoms with Gasteiger partial charge in [0.05, 0.1) is 0 Å². The lowest BCUT2D eigenvalue weighted by atomic mass is 10.2. The normalized spacial score (nSPS) is 9.92. The molecule has 0 bridgehead atoms. The van der Waals surface area contributed by atoms with E-state index in [2.05, 4.69) is 63.4 Å². The number of benzene rings is 1. The van der Waals surface area contributed by atoms with E-state index in [1.165, 1.54) is 18.0 Å². The fourth-order valence-electron chi connectivity index (χ4n) is 4.56. The summed E-state index contributed by atoms with van der Waals surface area (Å²) in [6, 6.07) is 14.9. The number of carbonyl (C=O) groups is 2. The molecule has 0 saturated heterocycles. The van der Waals surface area contributed by atoms with Crippen LogP contribution in [0, 0.1) is 0 Å². The summed E-state index contributed by atoms with van der Waals surface area (Å²) in [5.74, 6) is 0.390. The number of hydrogen-bond acceptors (Lipinski definition) is 13. The molecule has 1 amide bonds. The van der Waals surface area contributed by atoms with Gasteiger partial charge in [-0.1, -0.05) is 34.8 Å². The van der Waals surface area contributed by atoms with Gasteiger partial charge in [-0.15, -0.1) is 0 Å². The molecule has 8 N–H and O–H groups in total. The first-order valence-electron chi connectivity index (χ1n) is 16.7. The van der Waals surface area contributed by atoms with Crippen molar-refractivity contribution in [1.29, 1.82) is 0 Å². The topological polar surface area (TPSA) is 218 Å². The van der Waals surface area contributed by atoms with Crippen molar-refractivity contribution >= 4 is 46.8 Å². The van der Waals surface area contributed by atoms with E-state index in [4.69, 9.17) is 10.8 Å². The molecule has 0 aliphatic heterocycles. The zero-order chi connectivity index (χ0) is 36.3. The van der Waals surface area contributed by atoms with Crippen LogP contribution in [0.25, 0.3) is 0 Å². The van der Waals surface area contributed by atoms with E-state index in [0.717, 1.165) is 31.2 Å². The molecule has 1 aromatic carbocycles. The smallest absolute Gasteiger partial charge is 0.341 e. The molecule has 4 heterocycles. The standard InChI is InChI=1S/C21H25N7O.C15H19N5O2.2CH4/c1-2-9-24-19-18(20(29)27-17-5-3-4-16(22)13-17)14-26-21(28-19)25-12-8-15-6-10-23-11-7-15;1-2-6-17-13-12(14(21)22)10-19-15(20-13)18-9-5-11-3-7-16-8-4-11;;/h3-7,10-11,13-14H,2,8-9,12,22H2,1H3,(H,27,29)(H2,24,25,26,28);3-4,7-8,10H,2,5-6,9H2,1H3,(H,21,22)(H2,17,18,19,20);2*1H4. The summed E-state index contributed by atoms with van der Waals surface area (Å²) < 4.78 is 0. The van der Waals surface area contributed by atoms with Crippen molar-refractivity contribution in [2.24, 2.45) is 0 Å². The van der Waals surface area contributed by atoms with Crippen molar-refractivity contribution in [3.63, 3.8) is 0 Å². The second-order valence-electron chi connectivity index (χ2n) is 11.2. The van der Waals surface area contributed by atoms with Gasteiger partial charge in [0, 0.05) is 74.7 Å². The van der Waals surface area contributed by atoms with Crippen LogP contribution in [0.1, 0.15) is 73.4 Å². The molecule has 0 spiro atoms. The molecular weight excluding hydrogens is 672 g/mol. The Bertz CT molecular complexity index is 1830. The summed E-state index contributed by atoms with van der Waals surface area (Å²) in [5.41, 5.74) is 9.77. The van der Waals surface area contributed by atoms with Gasteiger partial charge in [-0.3, -0.25) is 14.8 Å². The Morgan fingerprint density at radius 2 is 1.17 bits per heavy atom. The maximum absolute atomic E-state index is 12.7. The van der Waals surface area contributed by atoms with Gasteiger partial charge in [-0.2, -0.15) is 9.97 Å². The number of nitrogens with zero attached hydrogens (tertiary/aromatic N) is 6. The molecule has 0 radical (unpaired) electrons. The second-order valence-corrected chi connectivity index (χ2v) is 11.2. The highest BCUT2D eigenvalue weighted by Crippen LogP contribution is 2.19. The van der Waals surface area contributed by atoms with Crippen LogP contribution < -0.4 is 32.3 Å². The third-order valence-electron chi connectivity index (χ3n) is 7.17. The number of aromatic nitrogens is 6. The van der Waals surface area contributed by atoms with Crippen LogP contribution in [0.5, 0.6) is 0 Å². The highest BCUT2D eigenvalue weighted by Gasteiger charge is 2.16. The molecule has 0 aliphatic carbocycles. The number of hydrogen-bond donors (Lipinski definition) is 7. The third-order valence-corrected chi connectivity index (χ3v) is 7.17. The van der Waals surface area contributed by atoms with Gasteiger partial charge in [0.2, 0.25) is 11.9 Å². The molecule has 53 heavy (non-hydrogen) atoms. The predicted molar refractivity (Wildman–Crippen MR) is 214 cm³/mol. The minimum Gasteiger partial charge on any atom is -0.477 e. The molecule has 15 nitrogen and oxygen atoms in total. The molecule has 0 atom stereocenters. The number of nitrogens with one attached hydrogen (secondary N) is 5. The Balaban J connectivity index is 0.000000366. The summed E-state index contributed by atoms with van der Waals surface area (Å²) in [6.45, 7) is 6.74. The highest BCUT2D eigenvalue weighted by atomic mass is 16.4. The summed E-state index contributed by atoms with van der Waals surface area (Å²) >= 11 is 0. The van der Waals surface area contributed by atoms with Crippen molar-refractivity contribution in [3.8, 4) is 0 Å². The quantitative estimate of drug-likeness (QED) is 0.0509. The number of aromatic carboxylic acids is 1. The van der Waals surface area contributed by atoms with Gasteiger partial charge in [-0.05, 0) is 79.3 Å². The Kier molecular flexibility index (Phi) is 18.7. The van der Waals surface area contributed by atoms with Crippen molar-refractivity contribution in [2.75, 3.05) is 58.5 Å². The molecule has 0 fully saturated rings. The first-order chi connectivity index (χ1) is 24.9. The molecule has 282 valence electrons. The average Bonchev–Trinajstić information content (AvgIpc) is 3.14. The molecule has 4 aromatic heterocycles. The Hall–Kier alpha value is -6.38. The lowest BCUT2D eigenvalue weighted by Crippen LogP contribution is -2.18. The molecule has 0 aliphatic rings. The minimum atomic E-state index is -1.04. The highest BCUT2D eigenvalue weighted by molar-refractivity contribution is 6.07. The van der Waals surface area contributed by atoms with Crippen LogP contribution in [0.15, 0.2) is 85.7 Å². The fourth-order valence-corrected chi connectivity index (χ4v) is 4.56. The van der Waals surface area contributed by atoms with E-state index < -0.39 is 5.97 Å². The van der Waals surface area contributed by atoms with Gasteiger partial charge < -0.3 is 37.4 Å². The molecule has 15 heteroatoms. The van der Waals surface area contributed by atoms with Crippen LogP contribution in [-0.4, -0.2) is 73.1 Å². The Morgan fingerprint density at radius 1 is 0.679 bits per heavy atom. The molecule has 0 saturated carbocycles. The summed E-state index contributed by atoms with van der Waals surface area (Å²) in [7, 11) is 0. The lowest BCUT2D eigenvalue weighted by molar-refractivity contribution is 0.0697. The van der Waals surface area contributed by atoms with E-state index in [-0.39, 0.29) is 26.3 Å². The molecule has 5 rings (SSSR count). The van der Waals surface area contributed by atoms with Crippen molar-refractivity contribution in [1.82, 2.24) is 29.9 Å². The molecule has 0 unspecified atom stereocenters. The Labute approximate surface area is 311 Å². The maximum Gasteiger partial charge on any atom is 0.341 e. The SMILES string of the molecule is C.C.CCCNc1nc(NCCc2ccncc2)ncc1C(=O)Nc1cccc(N)c1.CCCNc1nc(NCCc2ccncc2)ncc1C(=O)O. The largest absolute Gasteiger partial charge is 0.477 e. The van der Waals surface area contributed by atoms with Crippen molar-refractivity contribution < 1.29 is 14.7 Å². The Morgan fingerprint density at radius 3 is 1.64 bits per heavy atom. The van der Waals surface area contributed by atoms with E-state index in [9.17, 15) is 9.59 Å². The van der Waals surface area contributed by atoms with Crippen LogP contribution in [0.4, 0.5) is 34.9 Å². The zero-order valence-electron chi connectivity index (χ0n) is 28.8. The fraction of sp³-hybridized carbons (Fsp3) is 0.316. The van der Waals surface area contributed by atoms with Crippen LogP contribution >= 0.6 is 0 Å². The van der Waals surface area contributed by atoms with Gasteiger partial charge in [0.25, 0.3) is 5.91 Å². The van der Waals surface area contributed by atoms with E-state index in [0.29, 0.717) is 66.6 Å². The second kappa shape index (κ2) is 23.2. The lowest BCUT2D eigenvalue weighted by Gasteiger charge is -2.13. The van der Waals surface area contributed by atoms with Gasteiger partial charge >= 0.3 is 5.97 Å². The number of pyridine rings is 2. The predicted octanol–water partition coefficient (Wildman–Crippen LogP) is 6.50.